The van der Waals surface area contributed by atoms with Crippen LogP contribution in [0.3, 0.4) is 0 Å². The van der Waals surface area contributed by atoms with E-state index in [4.69, 9.17) is 9.47 Å². The van der Waals surface area contributed by atoms with Gasteiger partial charge < -0.3 is 24.6 Å². The number of aliphatic hydroxyl groups excluding tert-OH is 2. The fourth-order valence-electron chi connectivity index (χ4n) is 5.99. The second-order valence-corrected chi connectivity index (χ2v) is 10.6. The highest BCUT2D eigenvalue weighted by Gasteiger charge is 2.58. The van der Waals surface area contributed by atoms with Crippen LogP contribution in [0.5, 0.6) is 11.6 Å². The number of aliphatic hydroxyl groups is 2. The molecule has 2 N–H and O–H groups in total. The molecule has 4 rings (SSSR count). The van der Waals surface area contributed by atoms with Gasteiger partial charge in [0.15, 0.2) is 0 Å². The van der Waals surface area contributed by atoms with E-state index in [1.165, 1.54) is 13.2 Å². The third kappa shape index (κ3) is 6.07. The zero-order valence-electron chi connectivity index (χ0n) is 23.6. The van der Waals surface area contributed by atoms with Gasteiger partial charge in [0.05, 0.1) is 31.5 Å². The lowest BCUT2D eigenvalue weighted by atomic mass is 9.75. The molecule has 1 saturated heterocycles. The molecule has 4 atom stereocenters. The average molecular weight is 577 g/mol. The van der Waals surface area contributed by atoms with Gasteiger partial charge in [0, 0.05) is 55.4 Å². The molecule has 2 heterocycles. The molecule has 2 aromatic rings. The number of likely N-dealkylation sites (tertiary alicyclic amines) is 1. The van der Waals surface area contributed by atoms with Crippen molar-refractivity contribution in [2.24, 2.45) is 11.8 Å². The lowest BCUT2D eigenvalue weighted by Crippen LogP contribution is -2.53. The van der Waals surface area contributed by atoms with Gasteiger partial charge in [0.1, 0.15) is 23.1 Å². The summed E-state index contributed by atoms with van der Waals surface area (Å²) in [5.74, 6) is -1.51. The molecule has 0 amide bonds. The maximum atomic E-state index is 13.3. The van der Waals surface area contributed by atoms with Crippen LogP contribution in [0.1, 0.15) is 36.1 Å². The van der Waals surface area contributed by atoms with Gasteiger partial charge >= 0.3 is 0 Å². The third-order valence-electron chi connectivity index (χ3n) is 8.16. The number of rotatable bonds is 11. The Labute approximate surface area is 244 Å². The summed E-state index contributed by atoms with van der Waals surface area (Å²) in [6.45, 7) is 6.37. The lowest BCUT2D eigenvalue weighted by molar-refractivity contribution is -0.0391. The van der Waals surface area contributed by atoms with Crippen molar-refractivity contribution in [2.75, 3.05) is 26.7 Å². The van der Waals surface area contributed by atoms with Crippen molar-refractivity contribution in [3.63, 3.8) is 0 Å². The fourth-order valence-corrected chi connectivity index (χ4v) is 5.99. The molecule has 1 aromatic carbocycles. The maximum absolute atomic E-state index is 13.3. The van der Waals surface area contributed by atoms with Crippen LogP contribution in [-0.2, 0) is 6.61 Å². The summed E-state index contributed by atoms with van der Waals surface area (Å²) < 4.78 is 38.7. The van der Waals surface area contributed by atoms with Crippen molar-refractivity contribution in [3.8, 4) is 23.8 Å². The normalized spacial score (nSPS) is 24.8. The van der Waals surface area contributed by atoms with Gasteiger partial charge in [0.25, 0.3) is 0 Å². The van der Waals surface area contributed by atoms with Gasteiger partial charge in [-0.15, -0.1) is 0 Å². The number of hydrogen-bond donors (Lipinski definition) is 2. The molecule has 10 heteroatoms. The summed E-state index contributed by atoms with van der Waals surface area (Å²) in [5.41, 5.74) is 0.557. The lowest BCUT2D eigenvalue weighted by Gasteiger charge is -2.43. The first-order valence-corrected chi connectivity index (χ1v) is 13.7. The van der Waals surface area contributed by atoms with Crippen LogP contribution in [0.4, 0.5) is 8.78 Å². The molecular formula is C32H34F2N4O4. The van der Waals surface area contributed by atoms with Crippen molar-refractivity contribution in [1.29, 1.82) is 10.5 Å². The van der Waals surface area contributed by atoms with E-state index < -0.39 is 42.5 Å². The van der Waals surface area contributed by atoms with Gasteiger partial charge in [-0.1, -0.05) is 49.1 Å². The van der Waals surface area contributed by atoms with Crippen LogP contribution in [-0.4, -0.2) is 65.0 Å². The van der Waals surface area contributed by atoms with Gasteiger partial charge in [-0.25, -0.2) is 13.8 Å². The van der Waals surface area contributed by atoms with Crippen molar-refractivity contribution in [1.82, 2.24) is 9.88 Å². The summed E-state index contributed by atoms with van der Waals surface area (Å²) in [5, 5.41) is 41.0. The molecule has 2 fully saturated rings. The predicted molar refractivity (Wildman–Crippen MR) is 152 cm³/mol. The number of aromatic nitrogens is 1. The highest BCUT2D eigenvalue weighted by Crippen LogP contribution is 2.54. The van der Waals surface area contributed by atoms with Gasteiger partial charge in [-0.05, 0) is 24.1 Å². The third-order valence-corrected chi connectivity index (χ3v) is 8.16. The number of nitriles is 2. The number of ether oxygens (including phenoxy) is 2. The van der Waals surface area contributed by atoms with Crippen LogP contribution in [0.25, 0.3) is 0 Å². The smallest absolute Gasteiger partial charge is 0.243 e. The van der Waals surface area contributed by atoms with E-state index in [1.807, 2.05) is 41.3 Å². The summed E-state index contributed by atoms with van der Waals surface area (Å²) >= 11 is 0. The van der Waals surface area contributed by atoms with E-state index in [0.29, 0.717) is 17.7 Å². The van der Waals surface area contributed by atoms with E-state index >= 15 is 0 Å². The zero-order chi connectivity index (χ0) is 30.4. The molecule has 42 heavy (non-hydrogen) atoms. The van der Waals surface area contributed by atoms with E-state index in [1.54, 1.807) is 25.2 Å². The van der Waals surface area contributed by atoms with Gasteiger partial charge in [-0.2, -0.15) is 10.5 Å². The van der Waals surface area contributed by atoms with Gasteiger partial charge in [0.2, 0.25) is 12.3 Å². The van der Waals surface area contributed by atoms with Crippen LogP contribution in [0.15, 0.2) is 72.4 Å². The second-order valence-electron chi connectivity index (χ2n) is 10.6. The Morgan fingerprint density at radius 3 is 2.55 bits per heavy atom. The molecular weight excluding hydrogens is 542 g/mol. The van der Waals surface area contributed by atoms with Crippen LogP contribution in [0, 0.1) is 34.5 Å². The minimum atomic E-state index is -2.40. The molecule has 220 valence electrons. The number of halogens is 2. The van der Waals surface area contributed by atoms with E-state index in [-0.39, 0.29) is 42.4 Å². The Balaban J connectivity index is 1.87. The second kappa shape index (κ2) is 13.3. The molecule has 0 bridgehead atoms. The Kier molecular flexibility index (Phi) is 9.74. The molecule has 1 aromatic heterocycles. The molecule has 1 aliphatic carbocycles. The van der Waals surface area contributed by atoms with Crippen molar-refractivity contribution in [3.05, 3.63) is 89.2 Å². The van der Waals surface area contributed by atoms with E-state index in [0.717, 1.165) is 5.56 Å². The molecule has 2 aliphatic rings. The molecule has 0 unspecified atom stereocenters. The standard InChI is InChI=1S/C32H34F2N4O4/c1-4-21(14-35)11-10-20(2)32(42-28-12-24(15-36)37-31(41-3)26(28)19-39)13-27(40)25(18-38-16-23(17-38)30(33)34)29(32)22-8-6-5-7-9-22/h4-12,23,25,27,29-30,39-40H,2,13,16-19H2,1,3H3/b11-10-,21-4+/t25-,27-,29+,32-/m0/s1. The minimum absolute atomic E-state index is 0.000939. The highest BCUT2D eigenvalue weighted by atomic mass is 19.3. The Bertz CT molecular complexity index is 1430. The number of allylic oxidation sites excluding steroid dienone is 3. The summed E-state index contributed by atoms with van der Waals surface area (Å²) in [6, 6.07) is 14.9. The Morgan fingerprint density at radius 1 is 1.26 bits per heavy atom. The average Bonchev–Trinajstić information content (AvgIpc) is 3.25. The van der Waals surface area contributed by atoms with E-state index in [2.05, 4.69) is 17.6 Å². The van der Waals surface area contributed by atoms with Crippen molar-refractivity contribution >= 4 is 0 Å². The molecule has 0 radical (unpaired) electrons. The monoisotopic (exact) mass is 576 g/mol. The first-order valence-electron chi connectivity index (χ1n) is 13.7. The predicted octanol–water partition coefficient (Wildman–Crippen LogP) is 4.52. The van der Waals surface area contributed by atoms with Crippen molar-refractivity contribution < 1.29 is 28.5 Å². The van der Waals surface area contributed by atoms with Crippen LogP contribution >= 0.6 is 0 Å². The number of benzene rings is 1. The van der Waals surface area contributed by atoms with Gasteiger partial charge in [-0.3, -0.25) is 0 Å². The summed E-state index contributed by atoms with van der Waals surface area (Å²) in [7, 11) is 1.37. The minimum Gasteiger partial charge on any atom is -0.481 e. The molecule has 0 spiro atoms. The largest absolute Gasteiger partial charge is 0.481 e. The first-order chi connectivity index (χ1) is 20.2. The first kappa shape index (κ1) is 30.9. The number of alkyl halides is 2. The number of nitrogens with zero attached hydrogens (tertiary/aromatic N) is 4. The summed E-state index contributed by atoms with van der Waals surface area (Å²) in [6.07, 6.45) is 1.68. The fraction of sp³-hybridized carbons (Fsp3) is 0.406. The Hall–Kier alpha value is -4.09. The summed E-state index contributed by atoms with van der Waals surface area (Å²) in [4.78, 5) is 6.04. The molecule has 1 aliphatic heterocycles. The van der Waals surface area contributed by atoms with Crippen molar-refractivity contribution in [2.45, 2.75) is 44.0 Å². The number of methoxy groups -OCH3 is 1. The Morgan fingerprint density at radius 2 is 1.98 bits per heavy atom. The van der Waals surface area contributed by atoms with Crippen LogP contribution < -0.4 is 9.47 Å². The highest BCUT2D eigenvalue weighted by molar-refractivity contribution is 5.49. The zero-order valence-corrected chi connectivity index (χ0v) is 23.6. The SMILES string of the molecule is C=C(/C=C\C(C#N)=C/C)[C@@]1(Oc2cc(C#N)nc(OC)c2CO)C[C@H](O)[C@H](CN2CC(C(F)F)C2)[C@H]1c1ccccc1. The number of hydrogen-bond acceptors (Lipinski definition) is 8. The van der Waals surface area contributed by atoms with E-state index in [9.17, 15) is 29.5 Å². The molecule has 8 nitrogen and oxygen atoms in total. The number of pyridine rings is 1. The maximum Gasteiger partial charge on any atom is 0.243 e. The molecule has 1 saturated carbocycles. The topological polar surface area (TPSA) is 123 Å². The van der Waals surface area contributed by atoms with Crippen LogP contribution in [0.2, 0.25) is 0 Å². The quantitative estimate of drug-likeness (QED) is 0.296.